The van der Waals surface area contributed by atoms with Gasteiger partial charge in [0.1, 0.15) is 11.3 Å². The molecule has 0 aliphatic rings. The quantitative estimate of drug-likeness (QED) is 0.354. The summed E-state index contributed by atoms with van der Waals surface area (Å²) in [6.45, 7) is 0. The van der Waals surface area contributed by atoms with Crippen LogP contribution in [0.15, 0.2) is 79.3 Å². The van der Waals surface area contributed by atoms with Crippen LogP contribution in [0.1, 0.15) is 0 Å². The van der Waals surface area contributed by atoms with Gasteiger partial charge < -0.3 is 0 Å². The van der Waals surface area contributed by atoms with Crippen LogP contribution in [0.25, 0.3) is 49.0 Å². The summed E-state index contributed by atoms with van der Waals surface area (Å²) in [5, 5.41) is 8.60. The zero-order chi connectivity index (χ0) is 16.4. The van der Waals surface area contributed by atoms with Crippen molar-refractivity contribution in [1.29, 1.82) is 0 Å². The molecule has 0 aliphatic carbocycles. The summed E-state index contributed by atoms with van der Waals surface area (Å²) in [6.07, 6.45) is 5.69. The van der Waals surface area contributed by atoms with E-state index < -0.39 is 0 Å². The van der Waals surface area contributed by atoms with Crippen LogP contribution in [0.2, 0.25) is 0 Å². The van der Waals surface area contributed by atoms with E-state index in [9.17, 15) is 0 Å². The molecule has 0 unspecified atom stereocenters. The van der Waals surface area contributed by atoms with Crippen molar-refractivity contribution in [3.05, 3.63) is 79.3 Å². The second-order valence-electron chi connectivity index (χ2n) is 6.34. The number of aromatic nitrogens is 3. The summed E-state index contributed by atoms with van der Waals surface area (Å²) in [6, 6.07) is 21.4. The zero-order valence-corrected chi connectivity index (χ0v) is 13.3. The van der Waals surface area contributed by atoms with Gasteiger partial charge in [-0.25, -0.2) is 9.97 Å². The van der Waals surface area contributed by atoms with Crippen LogP contribution in [-0.4, -0.2) is 14.4 Å². The first-order valence-electron chi connectivity index (χ1n) is 8.36. The molecule has 0 amide bonds. The van der Waals surface area contributed by atoms with Crippen molar-refractivity contribution in [2.75, 3.05) is 0 Å². The summed E-state index contributed by atoms with van der Waals surface area (Å²) in [5.74, 6) is 0. The van der Waals surface area contributed by atoms with Gasteiger partial charge in [0.05, 0.1) is 0 Å². The Hall–Kier alpha value is -3.46. The van der Waals surface area contributed by atoms with E-state index in [4.69, 9.17) is 0 Å². The van der Waals surface area contributed by atoms with Crippen molar-refractivity contribution in [3.63, 3.8) is 0 Å². The molecule has 0 N–H and O–H groups in total. The van der Waals surface area contributed by atoms with Gasteiger partial charge in [-0.3, -0.25) is 4.40 Å². The Kier molecular flexibility index (Phi) is 2.35. The van der Waals surface area contributed by atoms with E-state index in [2.05, 4.69) is 69.0 Å². The first-order chi connectivity index (χ1) is 12.4. The number of rotatable bonds is 0. The lowest BCUT2D eigenvalue weighted by molar-refractivity contribution is 1.20. The molecule has 3 aromatic heterocycles. The molecule has 0 fully saturated rings. The number of benzene rings is 3. The van der Waals surface area contributed by atoms with Crippen LogP contribution in [0.5, 0.6) is 0 Å². The van der Waals surface area contributed by atoms with Gasteiger partial charge >= 0.3 is 0 Å². The minimum Gasteiger partial charge on any atom is -0.283 e. The van der Waals surface area contributed by atoms with Gasteiger partial charge in [-0.2, -0.15) is 0 Å². The van der Waals surface area contributed by atoms with E-state index in [1.807, 2.05) is 24.7 Å². The fourth-order valence-electron chi connectivity index (χ4n) is 4.10. The molecule has 3 heteroatoms. The number of fused-ring (bicyclic) bond motifs is 11. The average Bonchev–Trinajstić information content (AvgIpc) is 3.17. The number of imidazole rings is 1. The third-order valence-electron chi connectivity index (χ3n) is 5.08. The fraction of sp³-hybridized carbons (Fsp3) is 0. The monoisotopic (exact) mass is 319 g/mol. The van der Waals surface area contributed by atoms with Crippen LogP contribution in [-0.2, 0) is 0 Å². The first-order valence-corrected chi connectivity index (χ1v) is 8.36. The molecular weight excluding hydrogens is 306 g/mol. The van der Waals surface area contributed by atoms with Crippen LogP contribution in [0.4, 0.5) is 0 Å². The molecule has 3 heterocycles. The number of hydrogen-bond acceptors (Lipinski definition) is 2. The molecule has 3 aromatic carbocycles. The van der Waals surface area contributed by atoms with Gasteiger partial charge in [0.15, 0.2) is 0 Å². The topological polar surface area (TPSA) is 30.2 Å². The van der Waals surface area contributed by atoms with Crippen LogP contribution in [0, 0.1) is 0 Å². The van der Waals surface area contributed by atoms with Crippen molar-refractivity contribution in [2.45, 2.75) is 0 Å². The standard InChI is InChI=1S/C22H13N3/c1-3-8-16-14(6-1)15-7-2-4-9-17(15)20-19(16)18-10-5-11-23-21(18)25-13-12-24-22(20)25/h1-13H. The molecule has 0 aliphatic heterocycles. The number of pyridine rings is 2. The lowest BCUT2D eigenvalue weighted by Gasteiger charge is -2.14. The predicted molar refractivity (Wildman–Crippen MR) is 103 cm³/mol. The second-order valence-corrected chi connectivity index (χ2v) is 6.34. The average molecular weight is 319 g/mol. The summed E-state index contributed by atoms with van der Waals surface area (Å²) in [5.41, 5.74) is 1.91. The Morgan fingerprint density at radius 2 is 1.12 bits per heavy atom. The maximum absolute atomic E-state index is 4.68. The highest BCUT2D eigenvalue weighted by atomic mass is 15.0. The van der Waals surface area contributed by atoms with Gasteiger partial charge in [0.25, 0.3) is 0 Å². The molecule has 0 radical (unpaired) electrons. The minimum atomic E-state index is 0.947. The Labute approximate surface area is 143 Å². The van der Waals surface area contributed by atoms with Gasteiger partial charge in [-0.1, -0.05) is 48.5 Å². The normalized spacial score (nSPS) is 12.0. The summed E-state index contributed by atoms with van der Waals surface area (Å²) in [4.78, 5) is 9.32. The minimum absolute atomic E-state index is 0.947. The van der Waals surface area contributed by atoms with Crippen LogP contribution < -0.4 is 0 Å². The van der Waals surface area contributed by atoms with E-state index in [1.54, 1.807) is 0 Å². The molecular formula is C22H13N3. The highest BCUT2D eigenvalue weighted by Gasteiger charge is 2.16. The van der Waals surface area contributed by atoms with Crippen molar-refractivity contribution in [1.82, 2.24) is 14.4 Å². The van der Waals surface area contributed by atoms with Crippen molar-refractivity contribution in [3.8, 4) is 0 Å². The zero-order valence-electron chi connectivity index (χ0n) is 13.3. The Morgan fingerprint density at radius 3 is 1.88 bits per heavy atom. The van der Waals surface area contributed by atoms with Gasteiger partial charge in [-0.15, -0.1) is 0 Å². The molecule has 116 valence electrons. The number of hydrogen-bond donors (Lipinski definition) is 0. The Bertz CT molecular complexity index is 1440. The fourth-order valence-corrected chi connectivity index (χ4v) is 4.10. The predicted octanol–water partition coefficient (Wildman–Crippen LogP) is 5.34. The van der Waals surface area contributed by atoms with Gasteiger partial charge in [0.2, 0.25) is 0 Å². The van der Waals surface area contributed by atoms with E-state index in [0.29, 0.717) is 0 Å². The Morgan fingerprint density at radius 1 is 0.520 bits per heavy atom. The van der Waals surface area contributed by atoms with Crippen LogP contribution in [0.3, 0.4) is 0 Å². The maximum Gasteiger partial charge on any atom is 0.146 e. The largest absolute Gasteiger partial charge is 0.283 e. The number of nitrogens with zero attached hydrogens (tertiary/aromatic N) is 3. The van der Waals surface area contributed by atoms with Crippen molar-refractivity contribution in [2.24, 2.45) is 0 Å². The molecule has 6 rings (SSSR count). The molecule has 0 bridgehead atoms. The summed E-state index contributed by atoms with van der Waals surface area (Å²) in [7, 11) is 0. The highest BCUT2D eigenvalue weighted by Crippen LogP contribution is 2.39. The van der Waals surface area contributed by atoms with Gasteiger partial charge in [-0.05, 0) is 33.7 Å². The summed E-state index contributed by atoms with van der Waals surface area (Å²) >= 11 is 0. The van der Waals surface area contributed by atoms with E-state index in [-0.39, 0.29) is 0 Å². The van der Waals surface area contributed by atoms with Gasteiger partial charge in [0, 0.05) is 34.7 Å². The SMILES string of the molecule is c1ccc2c(c1)c1ccccc1c1c2c2cccnc2n2ccnc12. The van der Waals surface area contributed by atoms with Crippen molar-refractivity contribution >= 4 is 49.0 Å². The second kappa shape index (κ2) is 4.54. The first kappa shape index (κ1) is 12.9. The molecule has 0 saturated carbocycles. The van der Waals surface area contributed by atoms with E-state index >= 15 is 0 Å². The summed E-state index contributed by atoms with van der Waals surface area (Å²) < 4.78 is 2.10. The molecule has 0 spiro atoms. The van der Waals surface area contributed by atoms with E-state index in [0.717, 1.165) is 16.7 Å². The smallest absolute Gasteiger partial charge is 0.146 e. The third kappa shape index (κ3) is 1.55. The Balaban J connectivity index is 2.15. The highest BCUT2D eigenvalue weighted by molar-refractivity contribution is 6.33. The molecule has 6 aromatic rings. The van der Waals surface area contributed by atoms with E-state index in [1.165, 1.54) is 32.3 Å². The lowest BCUT2D eigenvalue weighted by atomic mass is 9.93. The molecule has 0 atom stereocenters. The molecule has 0 saturated heterocycles. The molecule has 3 nitrogen and oxygen atoms in total. The lowest BCUT2D eigenvalue weighted by Crippen LogP contribution is -1.94. The maximum atomic E-state index is 4.68. The molecule has 25 heavy (non-hydrogen) atoms. The van der Waals surface area contributed by atoms with Crippen molar-refractivity contribution < 1.29 is 0 Å². The van der Waals surface area contributed by atoms with Crippen LogP contribution >= 0.6 is 0 Å². The third-order valence-corrected chi connectivity index (χ3v) is 5.08.